The van der Waals surface area contributed by atoms with Gasteiger partial charge >= 0.3 is 0 Å². The molecule has 0 N–H and O–H groups in total. The molecule has 15 nitrogen and oxygen atoms in total. The Balaban J connectivity index is 0.000000112. The van der Waals surface area contributed by atoms with Crippen LogP contribution in [0.4, 0.5) is 11.5 Å². The van der Waals surface area contributed by atoms with Crippen molar-refractivity contribution in [2.45, 2.75) is 66.3 Å². The lowest BCUT2D eigenvalue weighted by molar-refractivity contribution is -0.672. The lowest BCUT2D eigenvalue weighted by Crippen LogP contribution is -2.32. The SMILES string of the molecule is C.N#Cc1cc2c(cn1)-c1cccc[n+]1C2.N#Cc1cncc2c1C[n+]1ccccc1-2.N#Cc1nccc2c1-c1cccc[n+]1C2.[C-]#[N+]c1ccc[n+]2c1-c1cnccc1C2.[C-]#[N+]c1nccc2c1-c1cc(C(C)(C)C)cc[n+]1C2. The summed E-state index contributed by atoms with van der Waals surface area (Å²) in [7, 11) is 0. The third-order valence-corrected chi connectivity index (χ3v) is 14.4. The molecule has 5 aliphatic rings. The number of hydrogen-bond donors (Lipinski definition) is 0. The van der Waals surface area contributed by atoms with Gasteiger partial charge in [-0.25, -0.2) is 19.4 Å². The summed E-state index contributed by atoms with van der Waals surface area (Å²) in [6.07, 6.45) is 22.5. The van der Waals surface area contributed by atoms with Gasteiger partial charge in [0.25, 0.3) is 11.5 Å². The fourth-order valence-corrected chi connectivity index (χ4v) is 10.5. The van der Waals surface area contributed by atoms with Crippen molar-refractivity contribution in [3.05, 3.63) is 251 Å². The smallest absolute Gasteiger partial charge is 0.283 e. The molecule has 0 unspecified atom stereocenters. The topological polar surface area (TPSA) is 164 Å². The third-order valence-electron chi connectivity index (χ3n) is 14.4. The minimum Gasteiger partial charge on any atom is -0.360 e. The lowest BCUT2D eigenvalue weighted by Gasteiger charge is -2.18. The fraction of sp³-hybridized carbons (Fsp3) is 0.154. The van der Waals surface area contributed by atoms with Crippen molar-refractivity contribution in [3.8, 4) is 74.5 Å². The number of pyridine rings is 10. The zero-order valence-electron chi connectivity index (χ0n) is 43.5. The second kappa shape index (κ2) is 22.3. The Hall–Kier alpha value is -11.1. The van der Waals surface area contributed by atoms with E-state index in [1.165, 1.54) is 33.5 Å². The molecule has 0 saturated carbocycles. The lowest BCUT2D eigenvalue weighted by atomic mass is 9.87. The normalized spacial score (nSPS) is 11.8. The Bertz CT molecular complexity index is 4210. The van der Waals surface area contributed by atoms with Gasteiger partial charge in [0.1, 0.15) is 30.1 Å². The second-order valence-electron chi connectivity index (χ2n) is 20.1. The molecule has 15 rings (SSSR count). The molecule has 0 atom stereocenters. The first kappa shape index (κ1) is 52.4. The molecular formula is C65H52N15+5. The Morgan fingerprint density at radius 1 is 0.500 bits per heavy atom. The van der Waals surface area contributed by atoms with E-state index in [0.717, 1.165) is 88.9 Å². The van der Waals surface area contributed by atoms with Gasteiger partial charge in [-0.15, -0.1) is 4.98 Å². The average Bonchev–Trinajstić information content (AvgIpc) is 4.33. The van der Waals surface area contributed by atoms with Crippen LogP contribution in [0.25, 0.3) is 66.0 Å². The van der Waals surface area contributed by atoms with E-state index >= 15 is 0 Å². The van der Waals surface area contributed by atoms with Crippen LogP contribution in [-0.4, -0.2) is 24.9 Å². The molecule has 0 aliphatic carbocycles. The maximum atomic E-state index is 9.01. The minimum absolute atomic E-state index is 0. The summed E-state index contributed by atoms with van der Waals surface area (Å²) in [4.78, 5) is 27.7. The number of nitrogens with zero attached hydrogens (tertiary/aromatic N) is 15. The molecule has 5 aliphatic heterocycles. The van der Waals surface area contributed by atoms with Crippen LogP contribution in [-0.2, 0) is 38.1 Å². The maximum absolute atomic E-state index is 9.01. The van der Waals surface area contributed by atoms with Gasteiger partial charge in [0.15, 0.2) is 69.4 Å². The summed E-state index contributed by atoms with van der Waals surface area (Å²) in [5.41, 5.74) is 20.4. The highest BCUT2D eigenvalue weighted by Gasteiger charge is 2.33. The van der Waals surface area contributed by atoms with E-state index in [2.05, 4.69) is 127 Å². The Kier molecular flexibility index (Phi) is 14.6. The van der Waals surface area contributed by atoms with Gasteiger partial charge in [-0.2, -0.15) is 34.1 Å². The summed E-state index contributed by atoms with van der Waals surface area (Å²) in [5, 5.41) is 26.8. The maximum Gasteiger partial charge on any atom is 0.283 e. The zero-order chi connectivity index (χ0) is 54.6. The van der Waals surface area contributed by atoms with Crippen molar-refractivity contribution < 1.29 is 22.8 Å². The van der Waals surface area contributed by atoms with E-state index in [0.29, 0.717) is 28.5 Å². The minimum atomic E-state index is 0. The Morgan fingerprint density at radius 3 is 1.82 bits per heavy atom. The molecular weight excluding hydrogens is 991 g/mol. The predicted molar refractivity (Wildman–Crippen MR) is 297 cm³/mol. The van der Waals surface area contributed by atoms with E-state index < -0.39 is 0 Å². The van der Waals surface area contributed by atoms with Crippen molar-refractivity contribution in [2.24, 2.45) is 0 Å². The summed E-state index contributed by atoms with van der Waals surface area (Å²) < 4.78 is 10.7. The molecule has 0 bridgehead atoms. The monoisotopic (exact) mass is 1040 g/mol. The molecule has 0 saturated heterocycles. The molecule has 0 fully saturated rings. The summed E-state index contributed by atoms with van der Waals surface area (Å²) in [5.74, 6) is 0.509. The van der Waals surface area contributed by atoms with Gasteiger partial charge in [-0.1, -0.05) is 34.8 Å². The summed E-state index contributed by atoms with van der Waals surface area (Å²) in [6, 6.07) is 40.5. The van der Waals surface area contributed by atoms with Crippen LogP contribution in [0.1, 0.15) is 78.5 Å². The van der Waals surface area contributed by atoms with Crippen LogP contribution in [0.2, 0.25) is 0 Å². The van der Waals surface area contributed by atoms with E-state index in [-0.39, 0.29) is 12.8 Å². The quantitative estimate of drug-likeness (QED) is 0.107. The van der Waals surface area contributed by atoms with Gasteiger partial charge < -0.3 is 4.85 Å². The Labute approximate surface area is 464 Å². The Morgan fingerprint density at radius 2 is 1.12 bits per heavy atom. The highest BCUT2D eigenvalue weighted by Crippen LogP contribution is 2.37. The first-order valence-electron chi connectivity index (χ1n) is 25.4. The average molecular weight is 1040 g/mol. The van der Waals surface area contributed by atoms with Crippen LogP contribution in [0.5, 0.6) is 0 Å². The third kappa shape index (κ3) is 9.96. The van der Waals surface area contributed by atoms with Crippen molar-refractivity contribution in [1.29, 1.82) is 15.8 Å². The summed E-state index contributed by atoms with van der Waals surface area (Å²) in [6.45, 7) is 25.2. The van der Waals surface area contributed by atoms with E-state index in [1.807, 2.05) is 116 Å². The molecule has 0 spiro atoms. The number of nitriles is 3. The summed E-state index contributed by atoms with van der Waals surface area (Å²) >= 11 is 0. The van der Waals surface area contributed by atoms with Crippen LogP contribution in [0, 0.1) is 47.1 Å². The van der Waals surface area contributed by atoms with Gasteiger partial charge in [-0.3, -0.25) is 9.97 Å². The van der Waals surface area contributed by atoms with Crippen LogP contribution in [0.3, 0.4) is 0 Å². The van der Waals surface area contributed by atoms with Crippen molar-refractivity contribution in [2.75, 3.05) is 0 Å². The van der Waals surface area contributed by atoms with Gasteiger partial charge in [0.2, 0.25) is 28.5 Å². The second-order valence-corrected chi connectivity index (χ2v) is 20.1. The molecule has 15 heterocycles. The molecule has 80 heavy (non-hydrogen) atoms. The molecule has 0 amide bonds. The molecule has 10 aromatic rings. The first-order valence-corrected chi connectivity index (χ1v) is 25.4. The molecule has 10 aromatic heterocycles. The zero-order valence-corrected chi connectivity index (χ0v) is 43.5. The van der Waals surface area contributed by atoms with Gasteiger partial charge in [0.05, 0.1) is 45.5 Å². The van der Waals surface area contributed by atoms with Crippen molar-refractivity contribution >= 4 is 11.5 Å². The molecule has 382 valence electrons. The first-order chi connectivity index (χ1) is 38.6. The van der Waals surface area contributed by atoms with Gasteiger partial charge in [-0.05, 0) is 65.6 Å². The van der Waals surface area contributed by atoms with Crippen molar-refractivity contribution in [3.63, 3.8) is 0 Å². The van der Waals surface area contributed by atoms with Crippen LogP contribution >= 0.6 is 0 Å². The van der Waals surface area contributed by atoms with E-state index in [9.17, 15) is 0 Å². The number of fused-ring (bicyclic) bond motifs is 15. The highest BCUT2D eigenvalue weighted by atomic mass is 15.0. The van der Waals surface area contributed by atoms with Crippen LogP contribution in [0.15, 0.2) is 177 Å². The van der Waals surface area contributed by atoms with E-state index in [1.54, 1.807) is 31.0 Å². The highest BCUT2D eigenvalue weighted by molar-refractivity contribution is 5.77. The number of rotatable bonds is 0. The standard InChI is InChI=1S/C16H16N3.4C12H8N3.CH4/c1-16(2,3)12-6-8-19-10-11-5-7-18-15(17-4)14(11)13(19)9-12;1-13-11-3-2-6-15-8-9-4-5-14-7-10(9)12(11)15;13-7-10-12-9(4-5-14-10)8-15-6-2-1-3-11(12)15;13-6-10-5-9-8-15-4-2-1-3-12(15)11(9)7-14-10;13-5-9-6-14-7-10-11(9)8-15-4-2-1-3-12(10)15;/h5-9H,10H2,1-3H3;2-7H,8H2;1-6H,8H2;1-5,7H,8H2;1-4,6-7H,8H2;1H4/q5*+1;. The molecule has 0 aromatic carbocycles. The molecule has 0 radical (unpaired) electrons. The molecule has 15 heteroatoms. The van der Waals surface area contributed by atoms with Crippen LogP contribution < -0.4 is 22.8 Å². The van der Waals surface area contributed by atoms with E-state index in [4.69, 9.17) is 28.9 Å². The van der Waals surface area contributed by atoms with Crippen molar-refractivity contribution in [1.82, 2.24) is 24.9 Å². The number of hydrogen-bond acceptors (Lipinski definition) is 8. The largest absolute Gasteiger partial charge is 0.360 e. The predicted octanol–water partition coefficient (Wildman–Crippen LogP) is 9.64. The van der Waals surface area contributed by atoms with Gasteiger partial charge in [0, 0.05) is 108 Å². The number of aromatic nitrogens is 10. The fourth-order valence-electron chi connectivity index (χ4n) is 10.5.